The summed E-state index contributed by atoms with van der Waals surface area (Å²) in [6.45, 7) is 2.57. The predicted octanol–water partition coefficient (Wildman–Crippen LogP) is 3.47. The lowest BCUT2D eigenvalue weighted by atomic mass is 10.1. The van der Waals surface area contributed by atoms with Crippen LogP contribution in [-0.2, 0) is 11.3 Å². The average Bonchev–Trinajstić information content (AvgIpc) is 2.98. The summed E-state index contributed by atoms with van der Waals surface area (Å²) < 4.78 is 5.13. The van der Waals surface area contributed by atoms with Gasteiger partial charge in [0.25, 0.3) is 0 Å². The van der Waals surface area contributed by atoms with Crippen molar-refractivity contribution in [3.63, 3.8) is 0 Å². The molecule has 0 atom stereocenters. The minimum Gasteiger partial charge on any atom is -0.497 e. The van der Waals surface area contributed by atoms with Crippen molar-refractivity contribution >= 4 is 29.1 Å². The number of thioether (sulfide) groups is 1. The third-order valence-corrected chi connectivity index (χ3v) is 4.86. The molecule has 0 N–H and O–H groups in total. The Labute approximate surface area is 151 Å². The minimum absolute atomic E-state index is 0.0617. The molecule has 3 rings (SSSR count). The lowest BCUT2D eigenvalue weighted by Crippen LogP contribution is -2.29. The highest BCUT2D eigenvalue weighted by molar-refractivity contribution is 8.15. The van der Waals surface area contributed by atoms with Gasteiger partial charge in [-0.05, 0) is 47.9 Å². The normalized spacial score (nSPS) is 16.2. The molecule has 5 nitrogen and oxygen atoms in total. The van der Waals surface area contributed by atoms with E-state index < -0.39 is 0 Å². The van der Waals surface area contributed by atoms with Crippen LogP contribution in [0.5, 0.6) is 5.75 Å². The summed E-state index contributed by atoms with van der Waals surface area (Å²) >= 11 is 1.42. The van der Waals surface area contributed by atoms with E-state index in [0.717, 1.165) is 22.4 Å². The van der Waals surface area contributed by atoms with Crippen LogP contribution in [0, 0.1) is 6.92 Å². The van der Waals surface area contributed by atoms with Crippen molar-refractivity contribution in [2.75, 3.05) is 12.9 Å². The Morgan fingerprint density at radius 1 is 1.20 bits per heavy atom. The van der Waals surface area contributed by atoms with Gasteiger partial charge in [-0.2, -0.15) is 5.10 Å². The Bertz CT molecular complexity index is 816. The fourth-order valence-corrected chi connectivity index (χ4v) is 3.26. The summed E-state index contributed by atoms with van der Waals surface area (Å²) in [7, 11) is 1.63. The Morgan fingerprint density at radius 3 is 2.68 bits per heavy atom. The number of methoxy groups -OCH3 is 1. The molecule has 128 valence electrons. The van der Waals surface area contributed by atoms with E-state index in [1.165, 1.54) is 11.8 Å². The largest absolute Gasteiger partial charge is 0.497 e. The number of rotatable bonds is 5. The number of aryl methyl sites for hydroxylation is 1. The number of amidine groups is 1. The second-order valence-electron chi connectivity index (χ2n) is 5.60. The van der Waals surface area contributed by atoms with Gasteiger partial charge in [0.05, 0.1) is 25.6 Å². The second kappa shape index (κ2) is 7.98. The van der Waals surface area contributed by atoms with Crippen LogP contribution in [0.15, 0.2) is 58.7 Å². The second-order valence-corrected chi connectivity index (χ2v) is 6.54. The van der Waals surface area contributed by atoms with Gasteiger partial charge in [0, 0.05) is 0 Å². The molecule has 0 spiro atoms. The first-order valence-electron chi connectivity index (χ1n) is 7.90. The van der Waals surface area contributed by atoms with Gasteiger partial charge in [-0.1, -0.05) is 36.0 Å². The van der Waals surface area contributed by atoms with Gasteiger partial charge in [0.15, 0.2) is 5.17 Å². The third kappa shape index (κ3) is 4.28. The molecule has 1 saturated heterocycles. The topological polar surface area (TPSA) is 54.3 Å². The van der Waals surface area contributed by atoms with Crippen molar-refractivity contribution < 1.29 is 9.53 Å². The van der Waals surface area contributed by atoms with Crippen molar-refractivity contribution in [2.45, 2.75) is 13.5 Å². The molecule has 0 aromatic heterocycles. The number of carbonyl (C=O) groups is 1. The lowest BCUT2D eigenvalue weighted by molar-refractivity contribution is -0.124. The van der Waals surface area contributed by atoms with E-state index in [0.29, 0.717) is 17.5 Å². The molecule has 1 fully saturated rings. The Balaban J connectivity index is 1.73. The van der Waals surface area contributed by atoms with E-state index in [9.17, 15) is 4.79 Å². The number of nitrogens with zero attached hydrogens (tertiary/aromatic N) is 3. The Morgan fingerprint density at radius 2 is 1.96 bits per heavy atom. The van der Waals surface area contributed by atoms with Crippen LogP contribution in [0.2, 0.25) is 0 Å². The molecule has 0 radical (unpaired) electrons. The average molecular weight is 353 g/mol. The number of hydrogen-bond donors (Lipinski definition) is 0. The van der Waals surface area contributed by atoms with Crippen molar-refractivity contribution in [1.29, 1.82) is 0 Å². The van der Waals surface area contributed by atoms with Crippen LogP contribution in [0.25, 0.3) is 0 Å². The number of ether oxygens (including phenoxy) is 1. The molecule has 0 bridgehead atoms. The fraction of sp³-hybridized carbons (Fsp3) is 0.211. The molecule has 1 aliphatic rings. The molecule has 6 heteroatoms. The fourth-order valence-electron chi connectivity index (χ4n) is 2.42. The Kier molecular flexibility index (Phi) is 5.50. The summed E-state index contributed by atoms with van der Waals surface area (Å²) in [6, 6.07) is 15.6. The van der Waals surface area contributed by atoms with Gasteiger partial charge in [-0.25, -0.2) is 0 Å². The van der Waals surface area contributed by atoms with Gasteiger partial charge in [-0.15, -0.1) is 5.10 Å². The number of amides is 1. The highest BCUT2D eigenvalue weighted by atomic mass is 32.2. The highest BCUT2D eigenvalue weighted by Crippen LogP contribution is 2.23. The molecule has 1 amide bonds. The van der Waals surface area contributed by atoms with Crippen molar-refractivity contribution in [3.8, 4) is 5.75 Å². The van der Waals surface area contributed by atoms with E-state index in [-0.39, 0.29) is 5.91 Å². The maximum absolute atomic E-state index is 12.2. The van der Waals surface area contributed by atoms with Gasteiger partial charge >= 0.3 is 0 Å². The Hall–Kier alpha value is -2.60. The van der Waals surface area contributed by atoms with Crippen molar-refractivity contribution in [3.05, 3.63) is 65.2 Å². The SMILES string of the molecule is COc1ccc(/C=N/N=C2/SCC(=O)N2Cc2ccccc2C)cc1. The molecular formula is C19H19N3O2S. The van der Waals surface area contributed by atoms with Crippen LogP contribution in [-0.4, -0.2) is 35.1 Å². The summed E-state index contributed by atoms with van der Waals surface area (Å²) in [6.07, 6.45) is 1.67. The molecule has 0 aliphatic carbocycles. The maximum Gasteiger partial charge on any atom is 0.239 e. The first-order valence-corrected chi connectivity index (χ1v) is 8.88. The van der Waals surface area contributed by atoms with E-state index >= 15 is 0 Å². The van der Waals surface area contributed by atoms with E-state index in [1.807, 2.05) is 55.5 Å². The van der Waals surface area contributed by atoms with Crippen LogP contribution in [0.3, 0.4) is 0 Å². The van der Waals surface area contributed by atoms with Gasteiger partial charge in [0.1, 0.15) is 5.75 Å². The zero-order valence-corrected chi connectivity index (χ0v) is 15.0. The van der Waals surface area contributed by atoms with Crippen LogP contribution in [0.4, 0.5) is 0 Å². The number of hydrogen-bond acceptors (Lipinski definition) is 5. The quantitative estimate of drug-likeness (QED) is 0.611. The smallest absolute Gasteiger partial charge is 0.239 e. The first kappa shape index (κ1) is 17.2. The summed E-state index contributed by atoms with van der Waals surface area (Å²) in [5.41, 5.74) is 3.20. The van der Waals surface area contributed by atoms with Crippen LogP contribution in [0.1, 0.15) is 16.7 Å². The first-order chi connectivity index (χ1) is 12.2. The van der Waals surface area contributed by atoms with Crippen molar-refractivity contribution in [1.82, 2.24) is 4.90 Å². The van der Waals surface area contributed by atoms with Crippen LogP contribution >= 0.6 is 11.8 Å². The molecule has 25 heavy (non-hydrogen) atoms. The van der Waals surface area contributed by atoms with Gasteiger partial charge < -0.3 is 4.74 Å². The summed E-state index contributed by atoms with van der Waals surface area (Å²) in [5, 5.41) is 9.01. The third-order valence-electron chi connectivity index (χ3n) is 3.91. The van der Waals surface area contributed by atoms with Gasteiger partial charge in [-0.3, -0.25) is 9.69 Å². The summed E-state index contributed by atoms with van der Waals surface area (Å²) in [4.78, 5) is 13.9. The zero-order valence-electron chi connectivity index (χ0n) is 14.2. The minimum atomic E-state index is 0.0617. The number of benzene rings is 2. The molecule has 1 heterocycles. The molecule has 0 saturated carbocycles. The summed E-state index contributed by atoms with van der Waals surface area (Å²) in [5.74, 6) is 1.26. The standard InChI is InChI=1S/C19H19N3O2S/c1-14-5-3-4-6-16(14)12-22-18(23)13-25-19(22)21-20-11-15-7-9-17(24-2)10-8-15/h3-11H,12-13H2,1-2H3/b20-11+,21-19+. The predicted molar refractivity (Wildman–Crippen MR) is 102 cm³/mol. The molecule has 0 unspecified atom stereocenters. The van der Waals surface area contributed by atoms with E-state index in [2.05, 4.69) is 10.2 Å². The molecule has 2 aromatic rings. The molecule has 2 aromatic carbocycles. The number of carbonyl (C=O) groups excluding carboxylic acids is 1. The zero-order chi connectivity index (χ0) is 17.6. The van der Waals surface area contributed by atoms with Gasteiger partial charge in [0.2, 0.25) is 5.91 Å². The molecular weight excluding hydrogens is 334 g/mol. The van der Waals surface area contributed by atoms with Crippen molar-refractivity contribution in [2.24, 2.45) is 10.2 Å². The van der Waals surface area contributed by atoms with E-state index in [4.69, 9.17) is 4.74 Å². The van der Waals surface area contributed by atoms with Crippen LogP contribution < -0.4 is 4.74 Å². The maximum atomic E-state index is 12.2. The monoisotopic (exact) mass is 353 g/mol. The highest BCUT2D eigenvalue weighted by Gasteiger charge is 2.28. The van der Waals surface area contributed by atoms with E-state index in [1.54, 1.807) is 18.2 Å². The lowest BCUT2D eigenvalue weighted by Gasteiger charge is -2.16. The molecule has 1 aliphatic heterocycles.